The van der Waals surface area contributed by atoms with Gasteiger partial charge in [-0.05, 0) is 39.2 Å². The summed E-state index contributed by atoms with van der Waals surface area (Å²) < 4.78 is 12.7. The molecule has 1 aromatic carbocycles. The summed E-state index contributed by atoms with van der Waals surface area (Å²) in [5.74, 6) is -1.12. The number of carboxylic acid groups (broad SMARTS) is 1. The minimum atomic E-state index is -1.12. The number of benzene rings is 1. The molecule has 188 valence electrons. The molecule has 2 aromatic rings. The fraction of sp³-hybridized carbons (Fsp3) is 0.520. The summed E-state index contributed by atoms with van der Waals surface area (Å²) in [5, 5.41) is 14.2. The number of carbonyl (C=O) groups excluding carboxylic acids is 2. The molecule has 1 fully saturated rings. The maximum absolute atomic E-state index is 12.5. The monoisotopic (exact) mass is 484 g/mol. The van der Waals surface area contributed by atoms with Gasteiger partial charge < -0.3 is 24.4 Å². The number of carboxylic acids is 1. The Hall–Kier alpha value is -3.56. The number of piperidine rings is 1. The number of amides is 2. The molecule has 1 N–H and O–H groups in total. The summed E-state index contributed by atoms with van der Waals surface area (Å²) in [6, 6.07) is 9.50. The zero-order valence-corrected chi connectivity index (χ0v) is 20.4. The van der Waals surface area contributed by atoms with Crippen LogP contribution in [0.1, 0.15) is 67.0 Å². The summed E-state index contributed by atoms with van der Waals surface area (Å²) in [4.78, 5) is 40.2. The SMILES string of the molecule is CC(C)(C)OC(=O)N1CCc2c(c(C(=O)O)nn2C2CCN(C(=O)OCc3ccccc3)CC2)C1. The van der Waals surface area contributed by atoms with E-state index in [2.05, 4.69) is 5.10 Å². The van der Waals surface area contributed by atoms with E-state index in [0.717, 1.165) is 11.3 Å². The average Bonchev–Trinajstić information content (AvgIpc) is 3.21. The Labute approximate surface area is 204 Å². The summed E-state index contributed by atoms with van der Waals surface area (Å²) in [5.41, 5.74) is 1.66. The van der Waals surface area contributed by atoms with E-state index < -0.39 is 17.7 Å². The van der Waals surface area contributed by atoms with Crippen LogP contribution in [0.15, 0.2) is 30.3 Å². The van der Waals surface area contributed by atoms with Crippen LogP contribution < -0.4 is 0 Å². The predicted molar refractivity (Wildman–Crippen MR) is 126 cm³/mol. The third kappa shape index (κ3) is 5.75. The number of aromatic nitrogens is 2. The third-order valence-electron chi connectivity index (χ3n) is 6.21. The Morgan fingerprint density at radius 1 is 1.03 bits per heavy atom. The standard InChI is InChI=1S/C25H32N4O6/c1-25(2,3)35-24(33)28-14-11-20-19(15-28)21(22(30)31)26-29(20)18-9-12-27(13-10-18)23(32)34-16-17-7-5-4-6-8-17/h4-8,18H,9-16H2,1-3H3,(H,30,31). The van der Waals surface area contributed by atoms with Crippen molar-refractivity contribution in [2.24, 2.45) is 0 Å². The molecule has 0 atom stereocenters. The van der Waals surface area contributed by atoms with Crippen molar-refractivity contribution in [3.8, 4) is 0 Å². The van der Waals surface area contributed by atoms with Crippen molar-refractivity contribution in [2.45, 2.75) is 64.8 Å². The molecule has 0 spiro atoms. The van der Waals surface area contributed by atoms with Gasteiger partial charge in [-0.25, -0.2) is 14.4 Å². The van der Waals surface area contributed by atoms with E-state index in [9.17, 15) is 19.5 Å². The first-order chi connectivity index (χ1) is 16.6. The van der Waals surface area contributed by atoms with Crippen LogP contribution in [0, 0.1) is 0 Å². The summed E-state index contributed by atoms with van der Waals surface area (Å²) >= 11 is 0. The molecule has 0 radical (unpaired) electrons. The average molecular weight is 485 g/mol. The first-order valence-corrected chi connectivity index (χ1v) is 11.9. The number of aromatic carboxylic acids is 1. The van der Waals surface area contributed by atoms with Gasteiger partial charge in [0.2, 0.25) is 0 Å². The van der Waals surface area contributed by atoms with E-state index >= 15 is 0 Å². The van der Waals surface area contributed by atoms with Gasteiger partial charge in [0.25, 0.3) is 0 Å². The smallest absolute Gasteiger partial charge is 0.410 e. The Bertz CT molecular complexity index is 1080. The van der Waals surface area contributed by atoms with E-state index in [4.69, 9.17) is 9.47 Å². The van der Waals surface area contributed by atoms with Gasteiger partial charge in [-0.2, -0.15) is 5.10 Å². The van der Waals surface area contributed by atoms with Gasteiger partial charge in [0, 0.05) is 37.3 Å². The first kappa shape index (κ1) is 24.6. The van der Waals surface area contributed by atoms with Crippen molar-refractivity contribution >= 4 is 18.2 Å². The number of hydrogen-bond acceptors (Lipinski definition) is 6. The summed E-state index contributed by atoms with van der Waals surface area (Å²) in [7, 11) is 0. The molecule has 10 nitrogen and oxygen atoms in total. The van der Waals surface area contributed by atoms with Crippen molar-refractivity contribution in [1.29, 1.82) is 0 Å². The van der Waals surface area contributed by atoms with Crippen molar-refractivity contribution in [3.63, 3.8) is 0 Å². The Balaban J connectivity index is 1.41. The number of carbonyl (C=O) groups is 3. The number of ether oxygens (including phenoxy) is 2. The molecule has 4 rings (SSSR count). The van der Waals surface area contributed by atoms with Gasteiger partial charge in [-0.1, -0.05) is 30.3 Å². The van der Waals surface area contributed by atoms with Gasteiger partial charge >= 0.3 is 18.2 Å². The van der Waals surface area contributed by atoms with Gasteiger partial charge in [0.1, 0.15) is 12.2 Å². The Kier molecular flexibility index (Phi) is 7.00. The topological polar surface area (TPSA) is 114 Å². The number of hydrogen-bond donors (Lipinski definition) is 1. The molecular weight excluding hydrogens is 452 g/mol. The normalized spacial score (nSPS) is 16.5. The first-order valence-electron chi connectivity index (χ1n) is 11.9. The fourth-order valence-electron chi connectivity index (χ4n) is 4.51. The van der Waals surface area contributed by atoms with Gasteiger partial charge in [-0.3, -0.25) is 4.68 Å². The lowest BCUT2D eigenvalue weighted by Gasteiger charge is -2.34. The number of likely N-dealkylation sites (tertiary alicyclic amines) is 1. The van der Waals surface area contributed by atoms with Gasteiger partial charge in [0.15, 0.2) is 5.69 Å². The number of rotatable bonds is 4. The van der Waals surface area contributed by atoms with Crippen LogP contribution in [0.3, 0.4) is 0 Å². The van der Waals surface area contributed by atoms with Crippen molar-refractivity contribution in [1.82, 2.24) is 19.6 Å². The maximum Gasteiger partial charge on any atom is 0.410 e. The van der Waals surface area contributed by atoms with Crippen LogP contribution in [0.4, 0.5) is 9.59 Å². The molecule has 0 saturated carbocycles. The minimum Gasteiger partial charge on any atom is -0.476 e. The highest BCUT2D eigenvalue weighted by Crippen LogP contribution is 2.31. The van der Waals surface area contributed by atoms with Crippen molar-refractivity contribution < 1.29 is 29.0 Å². The van der Waals surface area contributed by atoms with Crippen LogP contribution in [-0.2, 0) is 29.0 Å². The summed E-state index contributed by atoms with van der Waals surface area (Å²) in [6.45, 7) is 7.19. The second kappa shape index (κ2) is 9.97. The lowest BCUT2D eigenvalue weighted by atomic mass is 10.0. The lowest BCUT2D eigenvalue weighted by Crippen LogP contribution is -2.41. The van der Waals surface area contributed by atoms with Crippen LogP contribution in [0.2, 0.25) is 0 Å². The second-order valence-electron chi connectivity index (χ2n) is 9.93. The maximum atomic E-state index is 12.5. The number of nitrogens with zero attached hydrogens (tertiary/aromatic N) is 4. The molecule has 0 unspecified atom stereocenters. The molecule has 10 heteroatoms. The largest absolute Gasteiger partial charge is 0.476 e. The van der Waals surface area contributed by atoms with Crippen LogP contribution in [-0.4, -0.2) is 68.1 Å². The molecule has 3 heterocycles. The van der Waals surface area contributed by atoms with Crippen LogP contribution in [0.5, 0.6) is 0 Å². The third-order valence-corrected chi connectivity index (χ3v) is 6.21. The molecule has 1 saturated heterocycles. The molecule has 0 bridgehead atoms. The van der Waals surface area contributed by atoms with E-state index in [1.165, 1.54) is 4.90 Å². The zero-order valence-electron chi connectivity index (χ0n) is 20.4. The van der Waals surface area contributed by atoms with Gasteiger partial charge in [-0.15, -0.1) is 0 Å². The van der Waals surface area contributed by atoms with Crippen LogP contribution >= 0.6 is 0 Å². The highest BCUT2D eigenvalue weighted by Gasteiger charge is 2.35. The molecule has 1 aromatic heterocycles. The summed E-state index contributed by atoms with van der Waals surface area (Å²) in [6.07, 6.45) is 0.963. The van der Waals surface area contributed by atoms with E-state index in [1.54, 1.807) is 30.4 Å². The minimum absolute atomic E-state index is 0.0249. The molecule has 2 aliphatic heterocycles. The fourth-order valence-corrected chi connectivity index (χ4v) is 4.51. The van der Waals surface area contributed by atoms with Crippen molar-refractivity contribution in [2.75, 3.05) is 19.6 Å². The Morgan fingerprint density at radius 3 is 2.34 bits per heavy atom. The molecular formula is C25H32N4O6. The van der Waals surface area contributed by atoms with Gasteiger partial charge in [0.05, 0.1) is 12.6 Å². The van der Waals surface area contributed by atoms with Crippen LogP contribution in [0.25, 0.3) is 0 Å². The lowest BCUT2D eigenvalue weighted by molar-refractivity contribution is 0.0219. The molecule has 2 aliphatic rings. The Morgan fingerprint density at radius 2 is 1.71 bits per heavy atom. The highest BCUT2D eigenvalue weighted by atomic mass is 16.6. The molecule has 2 amide bonds. The molecule has 35 heavy (non-hydrogen) atoms. The predicted octanol–water partition coefficient (Wildman–Crippen LogP) is 3.85. The highest BCUT2D eigenvalue weighted by molar-refractivity contribution is 5.87. The quantitative estimate of drug-likeness (QED) is 0.701. The molecule has 0 aliphatic carbocycles. The van der Waals surface area contributed by atoms with Crippen molar-refractivity contribution in [3.05, 3.63) is 52.8 Å². The van der Waals surface area contributed by atoms with E-state index in [-0.39, 0.29) is 31.0 Å². The second-order valence-corrected chi connectivity index (χ2v) is 9.93. The number of fused-ring (bicyclic) bond motifs is 1. The van der Waals surface area contributed by atoms with E-state index in [1.807, 2.05) is 30.3 Å². The van der Waals surface area contributed by atoms with E-state index in [0.29, 0.717) is 44.5 Å². The zero-order chi connectivity index (χ0) is 25.2.